The molecule has 2 aliphatic heterocycles. The van der Waals surface area contributed by atoms with Crippen LogP contribution >= 0.6 is 0 Å². The van der Waals surface area contributed by atoms with E-state index >= 15 is 0 Å². The van der Waals surface area contributed by atoms with E-state index in [0.29, 0.717) is 55.6 Å². The van der Waals surface area contributed by atoms with Crippen molar-refractivity contribution in [2.24, 2.45) is 17.3 Å². The monoisotopic (exact) mass is 573 g/mol. The highest BCUT2D eigenvalue weighted by Gasteiger charge is 2.40. The first-order valence-corrected chi connectivity index (χ1v) is 15.5. The lowest BCUT2D eigenvalue weighted by molar-refractivity contribution is -0.156. The van der Waals surface area contributed by atoms with Crippen LogP contribution < -0.4 is 20.1 Å². The van der Waals surface area contributed by atoms with Crippen LogP contribution in [-0.4, -0.2) is 75.7 Å². The highest BCUT2D eigenvalue weighted by Crippen LogP contribution is 2.35. The molecule has 1 saturated carbocycles. The molecule has 1 aliphatic carbocycles. The van der Waals surface area contributed by atoms with Crippen LogP contribution in [0.5, 0.6) is 11.5 Å². The molecular weight excluding hydrogens is 522 g/mol. The number of hydrogen-bond acceptors (Lipinski definition) is 7. The molecule has 0 saturated heterocycles. The summed E-state index contributed by atoms with van der Waals surface area (Å²) in [6.45, 7) is 9.45. The van der Waals surface area contributed by atoms with Gasteiger partial charge in [0.25, 0.3) is 5.91 Å². The smallest absolute Gasteiger partial charge is 0.314 e. The van der Waals surface area contributed by atoms with Gasteiger partial charge in [0, 0.05) is 32.6 Å². The van der Waals surface area contributed by atoms with Gasteiger partial charge in [-0.2, -0.15) is 0 Å². The summed E-state index contributed by atoms with van der Waals surface area (Å²) in [6, 6.07) is 5.50. The topological polar surface area (TPSA) is 106 Å². The first-order valence-electron chi connectivity index (χ1n) is 15.5. The van der Waals surface area contributed by atoms with E-state index in [0.717, 1.165) is 31.6 Å². The van der Waals surface area contributed by atoms with Crippen LogP contribution in [-0.2, 0) is 25.5 Å². The lowest BCUT2D eigenvalue weighted by atomic mass is 9.76. The van der Waals surface area contributed by atoms with Crippen LogP contribution in [0.4, 0.5) is 0 Å². The lowest BCUT2D eigenvalue weighted by Crippen LogP contribution is -2.46. The molecule has 2 amide bonds. The molecule has 4 rings (SSSR count). The molecule has 1 aromatic rings. The number of ether oxygens (including phenoxy) is 3. The molecule has 3 aliphatic rings. The number of nitrogens with zero attached hydrogens (tertiary/aromatic N) is 1. The summed E-state index contributed by atoms with van der Waals surface area (Å²) in [4.78, 5) is 41.5. The Morgan fingerprint density at radius 2 is 1.90 bits per heavy atom. The van der Waals surface area contributed by atoms with Crippen molar-refractivity contribution >= 4 is 17.8 Å². The summed E-state index contributed by atoms with van der Waals surface area (Å²) in [5.74, 6) is 1.46. The normalized spacial score (nSPS) is 22.3. The van der Waals surface area contributed by atoms with E-state index < -0.39 is 5.41 Å². The van der Waals surface area contributed by atoms with Crippen LogP contribution in [0, 0.1) is 17.3 Å². The third-order valence-electron chi connectivity index (χ3n) is 8.28. The van der Waals surface area contributed by atoms with Crippen LogP contribution in [0.3, 0.4) is 0 Å². The van der Waals surface area contributed by atoms with Crippen molar-refractivity contribution in [3.8, 4) is 11.5 Å². The third-order valence-corrected chi connectivity index (χ3v) is 8.28. The number of carbonyl (C=O) groups is 3. The molecule has 9 nitrogen and oxygen atoms in total. The van der Waals surface area contributed by atoms with Gasteiger partial charge in [-0.3, -0.25) is 14.4 Å². The average Bonchev–Trinajstić information content (AvgIpc) is 3.46. The largest absolute Gasteiger partial charge is 0.493 e. The maximum Gasteiger partial charge on any atom is 0.314 e. The molecule has 2 N–H and O–H groups in total. The fourth-order valence-corrected chi connectivity index (χ4v) is 5.89. The molecule has 2 bridgehead atoms. The van der Waals surface area contributed by atoms with Crippen molar-refractivity contribution in [3.63, 3.8) is 0 Å². The highest BCUT2D eigenvalue weighted by molar-refractivity contribution is 5.80. The van der Waals surface area contributed by atoms with Gasteiger partial charge in [-0.1, -0.05) is 32.8 Å². The average molecular weight is 574 g/mol. The molecule has 0 radical (unpaired) electrons. The van der Waals surface area contributed by atoms with E-state index in [1.807, 2.05) is 12.1 Å². The zero-order valence-electron chi connectivity index (χ0n) is 25.6. The van der Waals surface area contributed by atoms with E-state index in [2.05, 4.69) is 29.4 Å². The van der Waals surface area contributed by atoms with E-state index in [1.165, 1.54) is 25.7 Å². The fraction of sp³-hybridized carbons (Fsp3) is 0.719. The van der Waals surface area contributed by atoms with Gasteiger partial charge in [0.1, 0.15) is 0 Å². The van der Waals surface area contributed by atoms with E-state index in [4.69, 9.17) is 14.2 Å². The van der Waals surface area contributed by atoms with E-state index in [9.17, 15) is 14.4 Å². The van der Waals surface area contributed by atoms with Crippen LogP contribution in [0.1, 0.15) is 77.7 Å². The van der Waals surface area contributed by atoms with Crippen LogP contribution in [0.25, 0.3) is 0 Å². The highest BCUT2D eigenvalue weighted by atomic mass is 16.5. The Kier molecular flexibility index (Phi) is 13.2. The third kappa shape index (κ3) is 10.5. The maximum atomic E-state index is 13.5. The zero-order chi connectivity index (χ0) is 29.7. The quantitative estimate of drug-likeness (QED) is 0.356. The number of rotatable bonds is 8. The second-order valence-electron chi connectivity index (χ2n) is 12.1. The fourth-order valence-electron chi connectivity index (χ4n) is 5.89. The Bertz CT molecular complexity index is 994. The molecule has 9 heteroatoms. The Morgan fingerprint density at radius 1 is 1.12 bits per heavy atom. The van der Waals surface area contributed by atoms with Crippen molar-refractivity contribution in [3.05, 3.63) is 23.8 Å². The van der Waals surface area contributed by atoms with Crippen molar-refractivity contribution < 1.29 is 28.6 Å². The Hall–Kier alpha value is -2.81. The molecule has 230 valence electrons. The SMILES string of the molecule is CCOC(=O)C1(CCC(C)C)CNC(=O)CCCN(CC2CCCC2)CCNC(=O)COc2ccc(cc2OC)C1. The van der Waals surface area contributed by atoms with Gasteiger partial charge in [0.2, 0.25) is 5.91 Å². The summed E-state index contributed by atoms with van der Waals surface area (Å²) in [5.41, 5.74) is -0.0501. The van der Waals surface area contributed by atoms with Gasteiger partial charge in [0.15, 0.2) is 18.1 Å². The van der Waals surface area contributed by atoms with E-state index in [-0.39, 0.29) is 37.5 Å². The Balaban J connectivity index is 1.86. The molecule has 0 spiro atoms. The number of methoxy groups -OCH3 is 1. The van der Waals surface area contributed by atoms with Crippen molar-refractivity contribution in [2.45, 2.75) is 78.6 Å². The van der Waals surface area contributed by atoms with Gasteiger partial charge in [-0.15, -0.1) is 0 Å². The minimum atomic E-state index is -0.916. The second-order valence-corrected chi connectivity index (χ2v) is 12.1. The number of benzene rings is 1. The first kappa shape index (κ1) is 32.7. The number of amides is 2. The number of esters is 1. The number of carbonyl (C=O) groups excluding carboxylic acids is 3. The summed E-state index contributed by atoms with van der Waals surface area (Å²) >= 11 is 0. The number of fused-ring (bicyclic) bond motifs is 16. The zero-order valence-corrected chi connectivity index (χ0v) is 25.6. The second kappa shape index (κ2) is 16.6. The lowest BCUT2D eigenvalue weighted by Gasteiger charge is -2.33. The van der Waals surface area contributed by atoms with Crippen molar-refractivity contribution in [2.75, 3.05) is 53.0 Å². The summed E-state index contributed by atoms with van der Waals surface area (Å²) in [7, 11) is 1.55. The molecular formula is C32H51N3O6. The summed E-state index contributed by atoms with van der Waals surface area (Å²) in [5, 5.41) is 6.06. The molecule has 1 atom stereocenters. The van der Waals surface area contributed by atoms with Gasteiger partial charge in [0.05, 0.1) is 19.1 Å². The molecule has 41 heavy (non-hydrogen) atoms. The Morgan fingerprint density at radius 3 is 2.61 bits per heavy atom. The molecule has 0 aromatic heterocycles. The molecule has 1 fully saturated rings. The minimum Gasteiger partial charge on any atom is -0.493 e. The minimum absolute atomic E-state index is 0.0587. The molecule has 1 unspecified atom stereocenters. The van der Waals surface area contributed by atoms with Crippen LogP contribution in [0.2, 0.25) is 0 Å². The van der Waals surface area contributed by atoms with E-state index in [1.54, 1.807) is 20.1 Å². The molecule has 2 heterocycles. The van der Waals surface area contributed by atoms with Gasteiger partial charge >= 0.3 is 5.97 Å². The first-order chi connectivity index (χ1) is 19.7. The van der Waals surface area contributed by atoms with Gasteiger partial charge in [-0.05, 0) is 81.5 Å². The van der Waals surface area contributed by atoms with Crippen molar-refractivity contribution in [1.29, 1.82) is 0 Å². The summed E-state index contributed by atoms with van der Waals surface area (Å²) in [6.07, 6.45) is 7.91. The van der Waals surface area contributed by atoms with Gasteiger partial charge < -0.3 is 29.7 Å². The van der Waals surface area contributed by atoms with Crippen molar-refractivity contribution in [1.82, 2.24) is 15.5 Å². The van der Waals surface area contributed by atoms with Crippen LogP contribution in [0.15, 0.2) is 18.2 Å². The Labute approximate surface area is 246 Å². The number of hydrogen-bond donors (Lipinski definition) is 2. The maximum absolute atomic E-state index is 13.5. The number of nitrogens with one attached hydrogen (secondary N) is 2. The standard InChI is InChI=1S/C32H51N3O6/c1-5-40-31(38)32(15-14-24(2)3)20-26-12-13-27(28(19-26)39-4)41-22-30(37)33-16-18-35(21-25-9-6-7-10-25)17-8-11-29(36)34-23-32/h12-13,19,24-25H,5-11,14-18,20-23H2,1-4H3,(H,33,37)(H,34,36). The molecule has 1 aromatic carbocycles. The summed E-state index contributed by atoms with van der Waals surface area (Å²) < 4.78 is 17.0. The predicted octanol–water partition coefficient (Wildman–Crippen LogP) is 4.12. The van der Waals surface area contributed by atoms with Gasteiger partial charge in [-0.25, -0.2) is 0 Å². The predicted molar refractivity (Wildman–Crippen MR) is 159 cm³/mol.